The molecular weight excluding hydrogens is 441 g/mol. The Bertz CT molecular complexity index is 909. The third-order valence-corrected chi connectivity index (χ3v) is 7.29. The van der Waals surface area contributed by atoms with Gasteiger partial charge in [-0.3, -0.25) is 14.6 Å². The Morgan fingerprint density at radius 3 is 2.53 bits per heavy atom. The van der Waals surface area contributed by atoms with Crippen LogP contribution in [0.3, 0.4) is 0 Å². The van der Waals surface area contributed by atoms with Crippen molar-refractivity contribution in [1.82, 2.24) is 10.2 Å². The standard InChI is InChI=1S/C24H36FN5O4/c1-18(31)26-15-20-16-29(23(32)34-20)19-4-5-22(21(25)14-19)28-8-6-24(33,7-9-28)17-27-10-12-30(2,3)13-11-27/h4-5,14,20,33H,6-13,15-17H2,1-3H3/p+1/t20-/m0/s1. The van der Waals surface area contributed by atoms with E-state index in [0.717, 1.165) is 30.7 Å². The summed E-state index contributed by atoms with van der Waals surface area (Å²) in [6, 6.07) is 4.76. The molecule has 0 spiro atoms. The molecule has 3 heterocycles. The third kappa shape index (κ3) is 5.79. The van der Waals surface area contributed by atoms with Gasteiger partial charge in [0.2, 0.25) is 5.91 Å². The van der Waals surface area contributed by atoms with Crippen molar-refractivity contribution in [1.29, 1.82) is 0 Å². The lowest BCUT2D eigenvalue weighted by molar-refractivity contribution is -0.894. The Morgan fingerprint density at radius 2 is 1.91 bits per heavy atom. The highest BCUT2D eigenvalue weighted by Crippen LogP contribution is 2.32. The second kappa shape index (κ2) is 9.67. The number of nitrogens with one attached hydrogen (secondary N) is 1. The zero-order chi connectivity index (χ0) is 24.5. The van der Waals surface area contributed by atoms with E-state index in [-0.39, 0.29) is 19.0 Å². The molecule has 2 N–H and O–H groups in total. The number of benzene rings is 1. The number of likely N-dealkylation sites (N-methyl/N-ethyl adjacent to an activating group) is 1. The maximum absolute atomic E-state index is 15.1. The highest BCUT2D eigenvalue weighted by molar-refractivity contribution is 5.90. The van der Waals surface area contributed by atoms with Crippen LogP contribution in [0.4, 0.5) is 20.6 Å². The number of piperazine rings is 1. The number of hydrogen-bond acceptors (Lipinski definition) is 6. The molecule has 3 aliphatic heterocycles. The Morgan fingerprint density at radius 1 is 1.24 bits per heavy atom. The van der Waals surface area contributed by atoms with E-state index in [1.807, 2.05) is 4.90 Å². The average molecular weight is 479 g/mol. The van der Waals surface area contributed by atoms with E-state index >= 15 is 4.39 Å². The van der Waals surface area contributed by atoms with Gasteiger partial charge in [0, 0.05) is 39.6 Å². The van der Waals surface area contributed by atoms with Crippen molar-refractivity contribution >= 4 is 23.4 Å². The summed E-state index contributed by atoms with van der Waals surface area (Å²) in [5.41, 5.74) is 0.158. The molecular formula is C24H37FN5O4+. The number of quaternary nitrogens is 1. The molecule has 0 unspecified atom stereocenters. The number of halogens is 1. The highest BCUT2D eigenvalue weighted by atomic mass is 19.1. The van der Waals surface area contributed by atoms with Gasteiger partial charge in [-0.1, -0.05) is 0 Å². The van der Waals surface area contributed by atoms with Gasteiger partial charge in [-0.25, -0.2) is 9.18 Å². The molecule has 34 heavy (non-hydrogen) atoms. The van der Waals surface area contributed by atoms with Gasteiger partial charge < -0.3 is 24.5 Å². The number of cyclic esters (lactones) is 1. The molecule has 0 saturated carbocycles. The SMILES string of the molecule is CC(=O)NC[C@H]1CN(c2ccc(N3CCC(O)(CN4CC[N+](C)(C)CC4)CC3)c(F)c2)C(=O)O1. The fourth-order valence-electron chi connectivity index (χ4n) is 4.96. The van der Waals surface area contributed by atoms with E-state index in [2.05, 4.69) is 24.3 Å². The van der Waals surface area contributed by atoms with Crippen molar-refractivity contribution in [3.8, 4) is 0 Å². The summed E-state index contributed by atoms with van der Waals surface area (Å²) in [6.07, 6.45) is 0.160. The lowest BCUT2D eigenvalue weighted by atomic mass is 9.90. The van der Waals surface area contributed by atoms with Crippen LogP contribution in [0, 0.1) is 5.82 Å². The number of piperidine rings is 1. The van der Waals surface area contributed by atoms with Gasteiger partial charge in [-0.05, 0) is 31.0 Å². The maximum atomic E-state index is 15.1. The number of β-amino-alcohol motifs (C(OH)–C–C–N with tert-alkyl or cyclic N) is 1. The number of carbonyl (C=O) groups is 2. The van der Waals surface area contributed by atoms with Crippen molar-refractivity contribution in [2.24, 2.45) is 0 Å². The van der Waals surface area contributed by atoms with E-state index in [9.17, 15) is 14.7 Å². The topological polar surface area (TPSA) is 85.4 Å². The van der Waals surface area contributed by atoms with Crippen molar-refractivity contribution < 1.29 is 28.3 Å². The number of rotatable bonds is 6. The number of nitrogens with zero attached hydrogens (tertiary/aromatic N) is 4. The minimum absolute atomic E-state index is 0.197. The van der Waals surface area contributed by atoms with Crippen LogP contribution in [0.2, 0.25) is 0 Å². The van der Waals surface area contributed by atoms with Crippen LogP contribution in [0.5, 0.6) is 0 Å². The molecule has 3 aliphatic rings. The fraction of sp³-hybridized carbons (Fsp3) is 0.667. The van der Waals surface area contributed by atoms with E-state index in [1.165, 1.54) is 17.9 Å². The predicted octanol–water partition coefficient (Wildman–Crippen LogP) is 1.01. The Labute approximate surface area is 200 Å². The molecule has 1 aromatic carbocycles. The number of carbonyl (C=O) groups excluding carboxylic acids is 2. The molecule has 188 valence electrons. The number of anilines is 2. The predicted molar refractivity (Wildman–Crippen MR) is 127 cm³/mol. The monoisotopic (exact) mass is 478 g/mol. The van der Waals surface area contributed by atoms with Gasteiger partial charge in [0.05, 0.1) is 57.3 Å². The molecule has 0 aromatic heterocycles. The normalized spacial score (nSPS) is 24.7. The molecule has 0 bridgehead atoms. The van der Waals surface area contributed by atoms with Crippen LogP contribution in [0.15, 0.2) is 18.2 Å². The number of ether oxygens (including phenoxy) is 1. The number of amides is 2. The average Bonchev–Trinajstić information content (AvgIpc) is 3.15. The summed E-state index contributed by atoms with van der Waals surface area (Å²) in [5.74, 6) is -0.602. The number of aliphatic hydroxyl groups is 1. The van der Waals surface area contributed by atoms with Gasteiger partial charge in [0.25, 0.3) is 0 Å². The Hall–Kier alpha value is -2.43. The Balaban J connectivity index is 1.32. The first-order valence-corrected chi connectivity index (χ1v) is 12.1. The largest absolute Gasteiger partial charge is 0.442 e. The van der Waals surface area contributed by atoms with E-state index < -0.39 is 23.6 Å². The van der Waals surface area contributed by atoms with Crippen LogP contribution in [-0.4, -0.2) is 111 Å². The van der Waals surface area contributed by atoms with Crippen LogP contribution in [0.25, 0.3) is 0 Å². The van der Waals surface area contributed by atoms with Crippen LogP contribution in [0.1, 0.15) is 19.8 Å². The lowest BCUT2D eigenvalue weighted by Gasteiger charge is -2.45. The van der Waals surface area contributed by atoms with Crippen molar-refractivity contribution in [3.63, 3.8) is 0 Å². The zero-order valence-corrected chi connectivity index (χ0v) is 20.4. The molecule has 0 radical (unpaired) electrons. The van der Waals surface area contributed by atoms with Gasteiger partial charge >= 0.3 is 6.09 Å². The van der Waals surface area contributed by atoms with Gasteiger partial charge in [-0.15, -0.1) is 0 Å². The summed E-state index contributed by atoms with van der Waals surface area (Å²) >= 11 is 0. The van der Waals surface area contributed by atoms with E-state index in [1.54, 1.807) is 12.1 Å². The van der Waals surface area contributed by atoms with Crippen molar-refractivity contribution in [2.75, 3.05) is 82.8 Å². The summed E-state index contributed by atoms with van der Waals surface area (Å²) in [4.78, 5) is 29.0. The first-order valence-electron chi connectivity index (χ1n) is 12.1. The molecule has 1 aromatic rings. The first-order chi connectivity index (χ1) is 16.0. The fourth-order valence-corrected chi connectivity index (χ4v) is 4.96. The minimum Gasteiger partial charge on any atom is -0.442 e. The quantitative estimate of drug-likeness (QED) is 0.594. The molecule has 1 atom stereocenters. The smallest absolute Gasteiger partial charge is 0.414 e. The van der Waals surface area contributed by atoms with Gasteiger partial charge in [-0.2, -0.15) is 0 Å². The van der Waals surface area contributed by atoms with Crippen molar-refractivity contribution in [3.05, 3.63) is 24.0 Å². The molecule has 0 aliphatic carbocycles. The van der Waals surface area contributed by atoms with Crippen LogP contribution >= 0.6 is 0 Å². The molecule has 9 nitrogen and oxygen atoms in total. The zero-order valence-electron chi connectivity index (χ0n) is 20.4. The van der Waals surface area contributed by atoms with E-state index in [4.69, 9.17) is 4.74 Å². The second-order valence-electron chi connectivity index (χ2n) is 10.6. The van der Waals surface area contributed by atoms with Crippen molar-refractivity contribution in [2.45, 2.75) is 31.5 Å². The Kier molecular flexibility index (Phi) is 7.02. The third-order valence-electron chi connectivity index (χ3n) is 7.29. The summed E-state index contributed by atoms with van der Waals surface area (Å²) in [5, 5.41) is 13.8. The lowest BCUT2D eigenvalue weighted by Crippen LogP contribution is -2.59. The molecule has 3 fully saturated rings. The first kappa shape index (κ1) is 24.7. The second-order valence-corrected chi connectivity index (χ2v) is 10.6. The number of hydrogen-bond donors (Lipinski definition) is 2. The molecule has 3 saturated heterocycles. The maximum Gasteiger partial charge on any atom is 0.414 e. The summed E-state index contributed by atoms with van der Waals surface area (Å²) in [6.45, 7) is 7.83. The van der Waals surface area contributed by atoms with Gasteiger partial charge in [0.1, 0.15) is 11.9 Å². The van der Waals surface area contributed by atoms with E-state index in [0.29, 0.717) is 43.9 Å². The highest BCUT2D eigenvalue weighted by Gasteiger charge is 2.37. The van der Waals surface area contributed by atoms with Gasteiger partial charge in [0.15, 0.2) is 0 Å². The molecule has 4 rings (SSSR count). The minimum atomic E-state index is -0.746. The summed E-state index contributed by atoms with van der Waals surface area (Å²) < 4.78 is 21.3. The molecule has 2 amide bonds. The summed E-state index contributed by atoms with van der Waals surface area (Å²) in [7, 11) is 4.47. The van der Waals surface area contributed by atoms with Crippen LogP contribution in [-0.2, 0) is 9.53 Å². The molecule has 10 heteroatoms. The van der Waals surface area contributed by atoms with Crippen LogP contribution < -0.4 is 15.1 Å².